The summed E-state index contributed by atoms with van der Waals surface area (Å²) < 4.78 is 21.6. The molecule has 0 aliphatic heterocycles. The number of rotatable bonds is 6. The molecule has 5 nitrogen and oxygen atoms in total. The molecule has 0 saturated heterocycles. The van der Waals surface area contributed by atoms with Gasteiger partial charge in [-0.25, -0.2) is 4.79 Å². The SMILES string of the molecule is COc1cc(C)ccc1OC(=O)c1ccc(OC(C)C)c(OC)c1. The van der Waals surface area contributed by atoms with Crippen molar-refractivity contribution < 1.29 is 23.7 Å². The van der Waals surface area contributed by atoms with Gasteiger partial charge in [0.15, 0.2) is 23.0 Å². The number of hydrogen-bond acceptors (Lipinski definition) is 5. The molecule has 0 aromatic heterocycles. The van der Waals surface area contributed by atoms with Crippen LogP contribution in [-0.4, -0.2) is 26.3 Å². The van der Waals surface area contributed by atoms with Crippen LogP contribution in [-0.2, 0) is 0 Å². The van der Waals surface area contributed by atoms with Crippen LogP contribution in [0.4, 0.5) is 0 Å². The topological polar surface area (TPSA) is 54.0 Å². The number of benzene rings is 2. The summed E-state index contributed by atoms with van der Waals surface area (Å²) in [4.78, 5) is 12.4. The van der Waals surface area contributed by atoms with E-state index >= 15 is 0 Å². The highest BCUT2D eigenvalue weighted by Gasteiger charge is 2.16. The van der Waals surface area contributed by atoms with Crippen LogP contribution >= 0.6 is 0 Å². The van der Waals surface area contributed by atoms with E-state index in [0.717, 1.165) is 5.56 Å². The van der Waals surface area contributed by atoms with Crippen molar-refractivity contribution in [2.24, 2.45) is 0 Å². The maximum absolute atomic E-state index is 12.4. The summed E-state index contributed by atoms with van der Waals surface area (Å²) >= 11 is 0. The number of aryl methyl sites for hydroxylation is 1. The van der Waals surface area contributed by atoms with Crippen LogP contribution in [0.3, 0.4) is 0 Å². The number of methoxy groups -OCH3 is 2. The van der Waals surface area contributed by atoms with Gasteiger partial charge in [-0.05, 0) is 56.7 Å². The molecule has 0 unspecified atom stereocenters. The van der Waals surface area contributed by atoms with Gasteiger partial charge < -0.3 is 18.9 Å². The van der Waals surface area contributed by atoms with E-state index in [1.54, 1.807) is 24.3 Å². The molecule has 0 fully saturated rings. The number of esters is 1. The van der Waals surface area contributed by atoms with Crippen LogP contribution in [0.1, 0.15) is 29.8 Å². The van der Waals surface area contributed by atoms with Crippen molar-refractivity contribution in [2.75, 3.05) is 14.2 Å². The van der Waals surface area contributed by atoms with Crippen molar-refractivity contribution in [1.29, 1.82) is 0 Å². The molecular weight excluding hydrogens is 308 g/mol. The summed E-state index contributed by atoms with van der Waals surface area (Å²) in [6.45, 7) is 5.78. The number of carbonyl (C=O) groups is 1. The average molecular weight is 330 g/mol. The summed E-state index contributed by atoms with van der Waals surface area (Å²) in [6.07, 6.45) is 0.00789. The minimum Gasteiger partial charge on any atom is -0.493 e. The molecule has 0 N–H and O–H groups in total. The third-order valence-corrected chi connectivity index (χ3v) is 3.28. The second-order valence-electron chi connectivity index (χ2n) is 5.58. The van der Waals surface area contributed by atoms with Crippen LogP contribution < -0.4 is 18.9 Å². The van der Waals surface area contributed by atoms with Gasteiger partial charge in [0, 0.05) is 0 Å². The fourth-order valence-electron chi connectivity index (χ4n) is 2.16. The molecule has 5 heteroatoms. The van der Waals surface area contributed by atoms with Gasteiger partial charge >= 0.3 is 5.97 Å². The van der Waals surface area contributed by atoms with Gasteiger partial charge in [0.2, 0.25) is 0 Å². The zero-order chi connectivity index (χ0) is 17.7. The Morgan fingerprint density at radius 2 is 1.50 bits per heavy atom. The van der Waals surface area contributed by atoms with Crippen molar-refractivity contribution in [3.8, 4) is 23.0 Å². The fourth-order valence-corrected chi connectivity index (χ4v) is 2.16. The molecule has 2 aromatic rings. The zero-order valence-corrected chi connectivity index (χ0v) is 14.6. The van der Waals surface area contributed by atoms with Gasteiger partial charge in [-0.1, -0.05) is 6.07 Å². The van der Waals surface area contributed by atoms with Crippen molar-refractivity contribution >= 4 is 5.97 Å². The maximum atomic E-state index is 12.4. The van der Waals surface area contributed by atoms with Crippen molar-refractivity contribution in [2.45, 2.75) is 26.9 Å². The molecule has 24 heavy (non-hydrogen) atoms. The maximum Gasteiger partial charge on any atom is 0.343 e. The molecule has 128 valence electrons. The lowest BCUT2D eigenvalue weighted by molar-refractivity contribution is 0.0729. The molecule has 2 aromatic carbocycles. The third kappa shape index (κ3) is 4.19. The Morgan fingerprint density at radius 1 is 0.875 bits per heavy atom. The Balaban J connectivity index is 2.24. The van der Waals surface area contributed by atoms with E-state index in [9.17, 15) is 4.79 Å². The predicted octanol–water partition coefficient (Wildman–Crippen LogP) is 4.02. The summed E-state index contributed by atoms with van der Waals surface area (Å²) in [5, 5.41) is 0. The Hall–Kier alpha value is -2.69. The summed E-state index contributed by atoms with van der Waals surface area (Å²) in [5.74, 6) is 1.45. The van der Waals surface area contributed by atoms with Crippen molar-refractivity contribution in [1.82, 2.24) is 0 Å². The summed E-state index contributed by atoms with van der Waals surface area (Å²) in [6, 6.07) is 10.3. The monoisotopic (exact) mass is 330 g/mol. The minimum atomic E-state index is -0.494. The molecule has 0 heterocycles. The lowest BCUT2D eigenvalue weighted by atomic mass is 10.2. The van der Waals surface area contributed by atoms with Gasteiger partial charge in [0.1, 0.15) is 0 Å². The van der Waals surface area contributed by atoms with Gasteiger partial charge in [-0.2, -0.15) is 0 Å². The lowest BCUT2D eigenvalue weighted by Crippen LogP contribution is -2.11. The van der Waals surface area contributed by atoms with Crippen LogP contribution in [0.5, 0.6) is 23.0 Å². The van der Waals surface area contributed by atoms with Crippen molar-refractivity contribution in [3.63, 3.8) is 0 Å². The zero-order valence-electron chi connectivity index (χ0n) is 14.6. The number of carbonyl (C=O) groups excluding carboxylic acids is 1. The highest BCUT2D eigenvalue weighted by atomic mass is 16.6. The standard InChI is InChI=1S/C19H22O5/c1-12(2)23-15-9-7-14(11-18(15)22-5)19(20)24-16-8-6-13(3)10-17(16)21-4/h6-12H,1-5H3. The fraction of sp³-hybridized carbons (Fsp3) is 0.316. The average Bonchev–Trinajstić information content (AvgIpc) is 2.56. The van der Waals surface area contributed by atoms with E-state index in [4.69, 9.17) is 18.9 Å². The Labute approximate surface area is 142 Å². The quantitative estimate of drug-likeness (QED) is 0.591. The smallest absolute Gasteiger partial charge is 0.343 e. The van der Waals surface area contributed by atoms with Crippen LogP contribution in [0.25, 0.3) is 0 Å². The molecule has 0 spiro atoms. The van der Waals surface area contributed by atoms with Crippen LogP contribution in [0.2, 0.25) is 0 Å². The van der Waals surface area contributed by atoms with E-state index in [-0.39, 0.29) is 6.10 Å². The van der Waals surface area contributed by atoms with Crippen LogP contribution in [0, 0.1) is 6.92 Å². The van der Waals surface area contributed by atoms with Crippen LogP contribution in [0.15, 0.2) is 36.4 Å². The molecule has 0 aliphatic rings. The number of ether oxygens (including phenoxy) is 4. The highest BCUT2D eigenvalue weighted by molar-refractivity contribution is 5.92. The number of hydrogen-bond donors (Lipinski definition) is 0. The molecule has 0 aliphatic carbocycles. The van der Waals surface area contributed by atoms with E-state index in [1.807, 2.05) is 32.9 Å². The Bertz CT molecular complexity index is 722. The Kier molecular flexibility index (Phi) is 5.68. The first-order chi connectivity index (χ1) is 11.4. The van der Waals surface area contributed by atoms with Crippen molar-refractivity contribution in [3.05, 3.63) is 47.5 Å². The predicted molar refractivity (Wildman–Crippen MR) is 91.4 cm³/mol. The molecule has 0 atom stereocenters. The van der Waals surface area contributed by atoms with Gasteiger partial charge in [-0.15, -0.1) is 0 Å². The first-order valence-electron chi connectivity index (χ1n) is 7.66. The minimum absolute atomic E-state index is 0.00789. The molecule has 0 radical (unpaired) electrons. The molecule has 2 rings (SSSR count). The van der Waals surface area contributed by atoms with E-state index < -0.39 is 5.97 Å². The largest absolute Gasteiger partial charge is 0.493 e. The first-order valence-corrected chi connectivity index (χ1v) is 7.66. The third-order valence-electron chi connectivity index (χ3n) is 3.28. The Morgan fingerprint density at radius 3 is 2.12 bits per heavy atom. The normalized spacial score (nSPS) is 10.4. The second kappa shape index (κ2) is 7.73. The molecule has 0 amide bonds. The van der Waals surface area contributed by atoms with E-state index in [0.29, 0.717) is 28.6 Å². The first kappa shape index (κ1) is 17.7. The lowest BCUT2D eigenvalue weighted by Gasteiger charge is -2.14. The molecular formula is C19H22O5. The highest BCUT2D eigenvalue weighted by Crippen LogP contribution is 2.31. The molecule has 0 saturated carbocycles. The van der Waals surface area contributed by atoms with E-state index in [1.165, 1.54) is 14.2 Å². The summed E-state index contributed by atoms with van der Waals surface area (Å²) in [5.41, 5.74) is 1.38. The van der Waals surface area contributed by atoms with Gasteiger partial charge in [0.25, 0.3) is 0 Å². The van der Waals surface area contributed by atoms with Gasteiger partial charge in [0.05, 0.1) is 25.9 Å². The summed E-state index contributed by atoms with van der Waals surface area (Å²) in [7, 11) is 3.06. The second-order valence-corrected chi connectivity index (χ2v) is 5.58. The van der Waals surface area contributed by atoms with E-state index in [2.05, 4.69) is 0 Å². The molecule has 0 bridgehead atoms. The van der Waals surface area contributed by atoms with Gasteiger partial charge in [-0.3, -0.25) is 0 Å².